The predicted octanol–water partition coefficient (Wildman–Crippen LogP) is 1.88. The Kier molecular flexibility index (Phi) is 2.59. The lowest BCUT2D eigenvalue weighted by molar-refractivity contribution is -0.138. The summed E-state index contributed by atoms with van der Waals surface area (Å²) in [4.78, 5) is 21.6. The molecule has 1 aliphatic rings. The molecule has 0 saturated heterocycles. The van der Waals surface area contributed by atoms with Crippen LogP contribution in [0.15, 0.2) is 21.3 Å². The molecule has 94 valence electrons. The van der Waals surface area contributed by atoms with Crippen LogP contribution in [-0.4, -0.2) is 17.7 Å². The summed E-state index contributed by atoms with van der Waals surface area (Å²) in [5.74, 6) is -0.234. The molecule has 0 aliphatic carbocycles. The van der Waals surface area contributed by atoms with Gasteiger partial charge in [-0.25, -0.2) is 4.79 Å². The van der Waals surface area contributed by atoms with Gasteiger partial charge in [0.25, 0.3) is 0 Å². The number of aliphatic carboxylic acids is 1. The smallest absolute Gasteiger partial charge is 0.396 e. The van der Waals surface area contributed by atoms with Crippen molar-refractivity contribution in [2.45, 2.75) is 12.8 Å². The van der Waals surface area contributed by atoms with Gasteiger partial charge >= 0.3 is 10.9 Å². The van der Waals surface area contributed by atoms with Crippen LogP contribution in [0.5, 0.6) is 5.75 Å². The highest BCUT2D eigenvalue weighted by Crippen LogP contribution is 2.35. The summed E-state index contributed by atoms with van der Waals surface area (Å²) >= 11 is 1.05. The van der Waals surface area contributed by atoms with Gasteiger partial charge < -0.3 is 14.3 Å². The first-order chi connectivity index (χ1) is 8.63. The zero-order valence-electron chi connectivity index (χ0n) is 9.34. The van der Waals surface area contributed by atoms with Crippen molar-refractivity contribution in [2.24, 2.45) is 5.92 Å². The van der Waals surface area contributed by atoms with Gasteiger partial charge in [-0.05, 0) is 18.6 Å². The highest BCUT2D eigenvalue weighted by atomic mass is 32.1. The van der Waals surface area contributed by atoms with Crippen molar-refractivity contribution >= 4 is 27.6 Å². The van der Waals surface area contributed by atoms with Gasteiger partial charge in [-0.15, -0.1) is 0 Å². The Morgan fingerprint density at radius 3 is 3.11 bits per heavy atom. The van der Waals surface area contributed by atoms with E-state index in [4.69, 9.17) is 14.3 Å². The van der Waals surface area contributed by atoms with Gasteiger partial charge in [0.05, 0.1) is 17.7 Å². The minimum atomic E-state index is -0.842. The first kappa shape index (κ1) is 11.3. The molecule has 1 aromatic carbocycles. The van der Waals surface area contributed by atoms with Gasteiger partial charge in [0.15, 0.2) is 5.58 Å². The largest absolute Gasteiger partial charge is 0.493 e. The number of fused-ring (bicyclic) bond motifs is 3. The van der Waals surface area contributed by atoms with Gasteiger partial charge in [0, 0.05) is 11.5 Å². The standard InChI is InChI=1S/C12H10O5S/c13-10(14)4-6-3-7-8(16-5-6)1-2-9-11(7)17-12(15)18-9/h1-2,6H,3-5H2,(H,13,14). The molecular formula is C12H10O5S. The third-order valence-corrected chi connectivity index (χ3v) is 3.78. The predicted molar refractivity (Wildman–Crippen MR) is 65.3 cm³/mol. The lowest BCUT2D eigenvalue weighted by atomic mass is 9.94. The fourth-order valence-corrected chi connectivity index (χ4v) is 2.93. The maximum atomic E-state index is 11.3. The SMILES string of the molecule is O=C(O)CC1COc2ccc3sc(=O)oc3c2C1. The Bertz CT molecular complexity index is 669. The van der Waals surface area contributed by atoms with Gasteiger partial charge in [-0.1, -0.05) is 11.3 Å². The third-order valence-electron chi connectivity index (χ3n) is 2.99. The molecule has 2 heterocycles. The van der Waals surface area contributed by atoms with Gasteiger partial charge in [-0.3, -0.25) is 4.79 Å². The van der Waals surface area contributed by atoms with E-state index in [1.165, 1.54) is 0 Å². The van der Waals surface area contributed by atoms with E-state index in [-0.39, 0.29) is 17.3 Å². The topological polar surface area (TPSA) is 76.7 Å². The summed E-state index contributed by atoms with van der Waals surface area (Å²) in [5.41, 5.74) is 1.35. The number of rotatable bonds is 2. The van der Waals surface area contributed by atoms with Gasteiger partial charge in [-0.2, -0.15) is 0 Å². The second-order valence-electron chi connectivity index (χ2n) is 4.30. The lowest BCUT2D eigenvalue weighted by Gasteiger charge is -2.23. The maximum absolute atomic E-state index is 11.3. The molecule has 0 amide bonds. The minimum Gasteiger partial charge on any atom is -0.493 e. The zero-order chi connectivity index (χ0) is 12.7. The monoisotopic (exact) mass is 266 g/mol. The van der Waals surface area contributed by atoms with Crippen LogP contribution >= 0.6 is 11.3 Å². The second-order valence-corrected chi connectivity index (χ2v) is 5.28. The van der Waals surface area contributed by atoms with E-state index in [2.05, 4.69) is 0 Å². The first-order valence-corrected chi connectivity index (χ1v) is 6.35. The molecule has 6 heteroatoms. The maximum Gasteiger partial charge on any atom is 0.396 e. The summed E-state index contributed by atoms with van der Waals surface area (Å²) < 4.78 is 11.5. The first-order valence-electron chi connectivity index (χ1n) is 5.53. The molecule has 18 heavy (non-hydrogen) atoms. The van der Waals surface area contributed by atoms with Crippen molar-refractivity contribution in [3.8, 4) is 5.75 Å². The summed E-state index contributed by atoms with van der Waals surface area (Å²) in [7, 11) is 0. The van der Waals surface area contributed by atoms with Crippen LogP contribution in [0.4, 0.5) is 0 Å². The minimum absolute atomic E-state index is 0.0597. The van der Waals surface area contributed by atoms with Gasteiger partial charge in [0.1, 0.15) is 5.75 Å². The fraction of sp³-hybridized carbons (Fsp3) is 0.333. The van der Waals surface area contributed by atoms with Crippen molar-refractivity contribution in [1.29, 1.82) is 0 Å². The van der Waals surface area contributed by atoms with Crippen LogP contribution in [0.25, 0.3) is 10.3 Å². The Balaban J connectivity index is 2.04. The molecule has 0 bridgehead atoms. The molecule has 0 spiro atoms. The van der Waals surface area contributed by atoms with E-state index in [0.29, 0.717) is 24.4 Å². The second kappa shape index (κ2) is 4.13. The number of carboxylic acids is 1. The summed E-state index contributed by atoms with van der Waals surface area (Å²) in [5, 5.41) is 8.80. The Labute approximate surface area is 106 Å². The molecule has 0 fully saturated rings. The fourth-order valence-electron chi connectivity index (χ4n) is 2.24. The van der Waals surface area contributed by atoms with E-state index < -0.39 is 5.97 Å². The molecule has 1 aromatic heterocycles. The quantitative estimate of drug-likeness (QED) is 0.898. The van der Waals surface area contributed by atoms with Crippen molar-refractivity contribution in [3.05, 3.63) is 27.4 Å². The van der Waals surface area contributed by atoms with Crippen LogP contribution in [0.3, 0.4) is 0 Å². The summed E-state index contributed by atoms with van der Waals surface area (Å²) in [6.45, 7) is 0.388. The summed E-state index contributed by atoms with van der Waals surface area (Å²) in [6.07, 6.45) is 0.628. The van der Waals surface area contributed by atoms with E-state index in [0.717, 1.165) is 21.6 Å². The van der Waals surface area contributed by atoms with Crippen molar-refractivity contribution in [1.82, 2.24) is 0 Å². The number of hydrogen-bond acceptors (Lipinski definition) is 5. The molecule has 1 unspecified atom stereocenters. The van der Waals surface area contributed by atoms with E-state index >= 15 is 0 Å². The molecule has 2 aromatic rings. The molecule has 5 nitrogen and oxygen atoms in total. The highest BCUT2D eigenvalue weighted by molar-refractivity contribution is 7.16. The zero-order valence-corrected chi connectivity index (χ0v) is 10.2. The average molecular weight is 266 g/mol. The molecule has 3 rings (SSSR count). The average Bonchev–Trinajstić information content (AvgIpc) is 2.69. The van der Waals surface area contributed by atoms with E-state index in [1.54, 1.807) is 12.1 Å². The third kappa shape index (κ3) is 1.88. The summed E-state index contributed by atoms with van der Waals surface area (Å²) in [6, 6.07) is 3.60. The van der Waals surface area contributed by atoms with Gasteiger partial charge in [0.2, 0.25) is 0 Å². The normalized spacial score (nSPS) is 18.3. The lowest BCUT2D eigenvalue weighted by Crippen LogP contribution is -2.23. The number of carboxylic acid groups (broad SMARTS) is 1. The number of hydrogen-bond donors (Lipinski definition) is 1. The van der Waals surface area contributed by atoms with Crippen LogP contribution < -0.4 is 9.68 Å². The molecule has 0 saturated carbocycles. The number of ether oxygens (including phenoxy) is 1. The Hall–Kier alpha value is -1.82. The van der Waals surface area contributed by atoms with Crippen LogP contribution in [0, 0.1) is 5.92 Å². The van der Waals surface area contributed by atoms with Crippen molar-refractivity contribution < 1.29 is 19.1 Å². The number of carbonyl (C=O) groups is 1. The van der Waals surface area contributed by atoms with Crippen molar-refractivity contribution in [2.75, 3.05) is 6.61 Å². The molecule has 1 atom stereocenters. The Morgan fingerprint density at radius 2 is 2.33 bits per heavy atom. The highest BCUT2D eigenvalue weighted by Gasteiger charge is 2.25. The number of benzene rings is 1. The van der Waals surface area contributed by atoms with E-state index in [1.807, 2.05) is 0 Å². The van der Waals surface area contributed by atoms with Crippen LogP contribution in [0.1, 0.15) is 12.0 Å². The Morgan fingerprint density at radius 1 is 1.50 bits per heavy atom. The van der Waals surface area contributed by atoms with E-state index in [9.17, 15) is 9.59 Å². The molecule has 0 radical (unpaired) electrons. The van der Waals surface area contributed by atoms with Crippen LogP contribution in [-0.2, 0) is 11.2 Å². The van der Waals surface area contributed by atoms with Crippen molar-refractivity contribution in [3.63, 3.8) is 0 Å². The molecule has 1 aliphatic heterocycles. The molecular weight excluding hydrogens is 256 g/mol. The van der Waals surface area contributed by atoms with Crippen LogP contribution in [0.2, 0.25) is 0 Å². The molecule has 1 N–H and O–H groups in total.